The van der Waals surface area contributed by atoms with E-state index in [-0.39, 0.29) is 5.75 Å². The first kappa shape index (κ1) is 9.85. The van der Waals surface area contributed by atoms with E-state index in [0.29, 0.717) is 10.9 Å². The van der Waals surface area contributed by atoms with Crippen molar-refractivity contribution in [3.05, 3.63) is 29.0 Å². The molecule has 0 atom stereocenters. The first-order chi connectivity index (χ1) is 7.15. The summed E-state index contributed by atoms with van der Waals surface area (Å²) in [6.45, 7) is 1.81. The van der Waals surface area contributed by atoms with E-state index in [1.165, 1.54) is 29.5 Å². The summed E-state index contributed by atoms with van der Waals surface area (Å²) in [6.07, 6.45) is 0. The van der Waals surface area contributed by atoms with Crippen LogP contribution in [0.1, 0.15) is 5.01 Å². The van der Waals surface area contributed by atoms with Crippen molar-refractivity contribution in [2.24, 2.45) is 0 Å². The zero-order chi connectivity index (χ0) is 10.8. The van der Waals surface area contributed by atoms with Gasteiger partial charge in [-0.05, 0) is 19.1 Å². The molecule has 0 aliphatic rings. The molecule has 15 heavy (non-hydrogen) atoms. The van der Waals surface area contributed by atoms with Gasteiger partial charge < -0.3 is 10.5 Å². The van der Waals surface area contributed by atoms with Crippen molar-refractivity contribution < 1.29 is 9.13 Å². The molecule has 0 radical (unpaired) electrons. The third kappa shape index (κ3) is 2.21. The Morgan fingerprint density at radius 1 is 1.40 bits per heavy atom. The van der Waals surface area contributed by atoms with E-state index in [4.69, 9.17) is 10.5 Å². The van der Waals surface area contributed by atoms with Crippen LogP contribution in [0.5, 0.6) is 10.9 Å². The van der Waals surface area contributed by atoms with Gasteiger partial charge in [0, 0.05) is 6.07 Å². The predicted molar refractivity (Wildman–Crippen MR) is 55.5 cm³/mol. The average molecular weight is 225 g/mol. The van der Waals surface area contributed by atoms with Crippen LogP contribution >= 0.6 is 11.3 Å². The van der Waals surface area contributed by atoms with Gasteiger partial charge in [-0.3, -0.25) is 0 Å². The van der Waals surface area contributed by atoms with E-state index in [1.54, 1.807) is 6.92 Å². The Morgan fingerprint density at radius 3 is 2.87 bits per heavy atom. The number of halogens is 1. The first-order valence-corrected chi connectivity index (χ1v) is 5.00. The molecule has 0 amide bonds. The van der Waals surface area contributed by atoms with Crippen molar-refractivity contribution in [2.45, 2.75) is 6.92 Å². The highest BCUT2D eigenvalue weighted by Crippen LogP contribution is 2.29. The lowest BCUT2D eigenvalue weighted by molar-refractivity contribution is 0.470. The van der Waals surface area contributed by atoms with Gasteiger partial charge >= 0.3 is 0 Å². The van der Waals surface area contributed by atoms with Crippen LogP contribution in [0.2, 0.25) is 0 Å². The number of aromatic nitrogens is 2. The molecular formula is C9H8FN3OS. The molecule has 1 aromatic heterocycles. The highest BCUT2D eigenvalue weighted by molar-refractivity contribution is 7.13. The van der Waals surface area contributed by atoms with E-state index in [0.717, 1.165) is 5.01 Å². The summed E-state index contributed by atoms with van der Waals surface area (Å²) in [5, 5.41) is 8.65. The Bertz CT molecular complexity index is 486. The van der Waals surface area contributed by atoms with Crippen molar-refractivity contribution in [1.29, 1.82) is 0 Å². The van der Waals surface area contributed by atoms with Crippen LogP contribution in [0.4, 0.5) is 10.1 Å². The molecule has 2 N–H and O–H groups in total. The summed E-state index contributed by atoms with van der Waals surface area (Å²) in [7, 11) is 0. The number of hydrogen-bond acceptors (Lipinski definition) is 5. The number of anilines is 1. The molecule has 6 heteroatoms. The number of nitrogens with zero attached hydrogens (tertiary/aromatic N) is 2. The Labute approximate surface area is 89.5 Å². The highest BCUT2D eigenvalue weighted by Gasteiger charge is 2.07. The maximum absolute atomic E-state index is 12.9. The number of ether oxygens (including phenoxy) is 1. The van der Waals surface area contributed by atoms with Crippen LogP contribution in [0.3, 0.4) is 0 Å². The van der Waals surface area contributed by atoms with Crippen molar-refractivity contribution in [2.75, 3.05) is 5.73 Å². The van der Waals surface area contributed by atoms with E-state index >= 15 is 0 Å². The van der Waals surface area contributed by atoms with E-state index in [9.17, 15) is 4.39 Å². The average Bonchev–Trinajstić information content (AvgIpc) is 2.58. The second kappa shape index (κ2) is 3.82. The summed E-state index contributed by atoms with van der Waals surface area (Å²) >= 11 is 1.27. The normalized spacial score (nSPS) is 10.3. The predicted octanol–water partition coefficient (Wildman–Crippen LogP) is 2.36. The van der Waals surface area contributed by atoms with Crippen molar-refractivity contribution in [1.82, 2.24) is 10.2 Å². The molecule has 78 valence electrons. The van der Waals surface area contributed by atoms with Crippen LogP contribution in [0, 0.1) is 12.7 Å². The lowest BCUT2D eigenvalue weighted by Gasteiger charge is -2.04. The Hall–Kier alpha value is -1.69. The number of hydrogen-bond donors (Lipinski definition) is 1. The lowest BCUT2D eigenvalue weighted by atomic mass is 10.3. The second-order valence-corrected chi connectivity index (χ2v) is 4.02. The monoisotopic (exact) mass is 225 g/mol. The second-order valence-electron chi connectivity index (χ2n) is 2.87. The van der Waals surface area contributed by atoms with Gasteiger partial charge in [-0.1, -0.05) is 16.4 Å². The molecule has 0 bridgehead atoms. The fourth-order valence-electron chi connectivity index (χ4n) is 1.01. The number of aryl methyl sites for hydroxylation is 1. The fourth-order valence-corrected chi connectivity index (χ4v) is 1.56. The smallest absolute Gasteiger partial charge is 0.299 e. The van der Waals surface area contributed by atoms with Crippen LogP contribution in [0.25, 0.3) is 0 Å². The molecule has 0 fully saturated rings. The first-order valence-electron chi connectivity index (χ1n) is 4.18. The SMILES string of the molecule is Cc1nnc(Oc2cc(F)ccc2N)s1. The molecule has 0 aliphatic carbocycles. The molecule has 1 heterocycles. The molecule has 0 saturated heterocycles. The minimum atomic E-state index is -0.402. The van der Waals surface area contributed by atoms with Gasteiger partial charge in [-0.25, -0.2) is 4.39 Å². The van der Waals surface area contributed by atoms with Gasteiger partial charge in [-0.2, -0.15) is 0 Å². The van der Waals surface area contributed by atoms with E-state index in [2.05, 4.69) is 10.2 Å². The van der Waals surface area contributed by atoms with Crippen LogP contribution in [-0.2, 0) is 0 Å². The Morgan fingerprint density at radius 2 is 2.20 bits per heavy atom. The zero-order valence-corrected chi connectivity index (χ0v) is 8.71. The zero-order valence-electron chi connectivity index (χ0n) is 7.90. The molecular weight excluding hydrogens is 217 g/mol. The summed E-state index contributed by atoms with van der Waals surface area (Å²) < 4.78 is 18.2. The summed E-state index contributed by atoms with van der Waals surface area (Å²) in [5.74, 6) is -0.147. The minimum Gasteiger partial charge on any atom is -0.427 e. The van der Waals surface area contributed by atoms with Gasteiger partial charge in [0.15, 0.2) is 5.75 Å². The van der Waals surface area contributed by atoms with E-state index < -0.39 is 5.82 Å². The standard InChI is InChI=1S/C9H8FN3OS/c1-5-12-13-9(15-5)14-8-4-6(10)2-3-7(8)11/h2-4H,11H2,1H3. The lowest BCUT2D eigenvalue weighted by Crippen LogP contribution is -1.92. The van der Waals surface area contributed by atoms with Gasteiger partial charge in [0.05, 0.1) is 5.69 Å². The molecule has 1 aromatic carbocycles. The van der Waals surface area contributed by atoms with Crippen LogP contribution in [0.15, 0.2) is 18.2 Å². The summed E-state index contributed by atoms with van der Waals surface area (Å²) in [6, 6.07) is 3.93. The van der Waals surface area contributed by atoms with Gasteiger partial charge in [0.1, 0.15) is 10.8 Å². The summed E-state index contributed by atoms with van der Waals surface area (Å²) in [4.78, 5) is 0. The highest BCUT2D eigenvalue weighted by atomic mass is 32.1. The molecule has 0 spiro atoms. The van der Waals surface area contributed by atoms with E-state index in [1.807, 2.05) is 0 Å². The van der Waals surface area contributed by atoms with Gasteiger partial charge in [-0.15, -0.1) is 5.10 Å². The Balaban J connectivity index is 2.27. The maximum Gasteiger partial charge on any atom is 0.299 e. The minimum absolute atomic E-state index is 0.256. The molecule has 4 nitrogen and oxygen atoms in total. The third-order valence-corrected chi connectivity index (χ3v) is 2.40. The Kier molecular flexibility index (Phi) is 2.51. The number of rotatable bonds is 2. The summed E-state index contributed by atoms with van der Waals surface area (Å²) in [5.41, 5.74) is 5.97. The molecule has 0 aliphatic heterocycles. The molecule has 2 rings (SSSR count). The molecule has 2 aromatic rings. The van der Waals surface area contributed by atoms with Crippen molar-refractivity contribution >= 4 is 17.0 Å². The van der Waals surface area contributed by atoms with Gasteiger partial charge in [0.25, 0.3) is 5.19 Å². The maximum atomic E-state index is 12.9. The third-order valence-electron chi connectivity index (χ3n) is 1.68. The van der Waals surface area contributed by atoms with Crippen molar-refractivity contribution in [3.8, 4) is 10.9 Å². The molecule has 0 saturated carbocycles. The number of nitrogens with two attached hydrogens (primary N) is 1. The fraction of sp³-hybridized carbons (Fsp3) is 0.111. The van der Waals surface area contributed by atoms with Crippen molar-refractivity contribution in [3.63, 3.8) is 0 Å². The number of benzene rings is 1. The van der Waals surface area contributed by atoms with Crippen LogP contribution in [-0.4, -0.2) is 10.2 Å². The van der Waals surface area contributed by atoms with Crippen LogP contribution < -0.4 is 10.5 Å². The quantitative estimate of drug-likeness (QED) is 0.797. The molecule has 0 unspecified atom stereocenters. The number of nitrogen functional groups attached to an aromatic ring is 1. The largest absolute Gasteiger partial charge is 0.427 e. The topological polar surface area (TPSA) is 61.0 Å². The van der Waals surface area contributed by atoms with Gasteiger partial charge in [0.2, 0.25) is 0 Å².